The van der Waals surface area contributed by atoms with E-state index in [1.165, 1.54) is 12.8 Å². The maximum absolute atomic E-state index is 12.3. The lowest BCUT2D eigenvalue weighted by molar-refractivity contribution is -0.156. The zero-order valence-corrected chi connectivity index (χ0v) is 13.5. The van der Waals surface area contributed by atoms with Crippen molar-refractivity contribution in [3.63, 3.8) is 0 Å². The molecule has 0 amide bonds. The fourth-order valence-electron chi connectivity index (χ4n) is 4.35. The Hall–Kier alpha value is -1.38. The van der Waals surface area contributed by atoms with Crippen LogP contribution in [0.15, 0.2) is 18.3 Å². The minimum absolute atomic E-state index is 0.0720. The van der Waals surface area contributed by atoms with Crippen LogP contribution in [0.3, 0.4) is 0 Å². The zero-order chi connectivity index (χ0) is 15.3. The summed E-state index contributed by atoms with van der Waals surface area (Å²) < 4.78 is 5.86. The lowest BCUT2D eigenvalue weighted by Crippen LogP contribution is -2.38. The Kier molecular flexibility index (Phi) is 3.34. The number of hydrogen-bond acceptors (Lipinski definition) is 3. The predicted octanol–water partition coefficient (Wildman–Crippen LogP) is 3.69. The van der Waals surface area contributed by atoms with Gasteiger partial charge in [-0.3, -0.25) is 9.78 Å². The molecule has 114 valence electrons. The van der Waals surface area contributed by atoms with E-state index >= 15 is 0 Å². The maximum atomic E-state index is 12.3. The van der Waals surface area contributed by atoms with Crippen molar-refractivity contribution >= 4 is 5.97 Å². The van der Waals surface area contributed by atoms with Crippen LogP contribution < -0.4 is 0 Å². The van der Waals surface area contributed by atoms with Crippen molar-refractivity contribution in [1.29, 1.82) is 0 Å². The Bertz CT molecular complexity index is 566. The van der Waals surface area contributed by atoms with Gasteiger partial charge in [0.1, 0.15) is 6.10 Å². The largest absolute Gasteiger partial charge is 0.461 e. The molecule has 1 aromatic heterocycles. The van der Waals surface area contributed by atoms with E-state index in [1.807, 2.05) is 19.1 Å². The van der Waals surface area contributed by atoms with Crippen LogP contribution in [0.1, 0.15) is 51.3 Å². The molecule has 2 aliphatic carbocycles. The first kappa shape index (κ1) is 14.6. The summed E-state index contributed by atoms with van der Waals surface area (Å²) in [5, 5.41) is 0. The molecule has 2 saturated carbocycles. The number of fused-ring (bicyclic) bond motifs is 2. The van der Waals surface area contributed by atoms with Crippen LogP contribution in [-0.4, -0.2) is 17.1 Å². The summed E-state index contributed by atoms with van der Waals surface area (Å²) in [7, 11) is 0. The average Bonchev–Trinajstić information content (AvgIpc) is 2.74. The first-order valence-electron chi connectivity index (χ1n) is 7.94. The van der Waals surface area contributed by atoms with E-state index in [0.29, 0.717) is 5.92 Å². The van der Waals surface area contributed by atoms with Crippen LogP contribution in [-0.2, 0) is 16.0 Å². The van der Waals surface area contributed by atoms with Crippen molar-refractivity contribution < 1.29 is 9.53 Å². The SMILES string of the molecule is Cc1cccnc1CC(=O)OC1CC2CCC1(C)C2(C)C. The van der Waals surface area contributed by atoms with Crippen LogP contribution in [0.4, 0.5) is 0 Å². The number of rotatable bonds is 3. The van der Waals surface area contributed by atoms with Gasteiger partial charge in [0.15, 0.2) is 0 Å². The summed E-state index contributed by atoms with van der Waals surface area (Å²) >= 11 is 0. The molecule has 0 aromatic carbocycles. The molecule has 1 aromatic rings. The number of carbonyl (C=O) groups excluding carboxylic acids is 1. The van der Waals surface area contributed by atoms with Crippen LogP contribution in [0.2, 0.25) is 0 Å². The summed E-state index contributed by atoms with van der Waals surface area (Å²) in [4.78, 5) is 16.6. The van der Waals surface area contributed by atoms with Crippen LogP contribution >= 0.6 is 0 Å². The van der Waals surface area contributed by atoms with E-state index in [9.17, 15) is 4.79 Å². The molecule has 3 unspecified atom stereocenters. The molecule has 0 saturated heterocycles. The number of ether oxygens (including phenoxy) is 1. The van der Waals surface area contributed by atoms with Gasteiger partial charge in [0.25, 0.3) is 0 Å². The van der Waals surface area contributed by atoms with Crippen LogP contribution in [0.5, 0.6) is 0 Å². The van der Waals surface area contributed by atoms with Crippen molar-refractivity contribution in [3.05, 3.63) is 29.6 Å². The second-order valence-electron chi connectivity index (χ2n) is 7.53. The third-order valence-electron chi connectivity index (χ3n) is 6.42. The summed E-state index contributed by atoms with van der Waals surface area (Å²) in [6, 6.07) is 3.88. The highest BCUT2D eigenvalue weighted by atomic mass is 16.5. The van der Waals surface area contributed by atoms with Gasteiger partial charge in [-0.2, -0.15) is 0 Å². The van der Waals surface area contributed by atoms with E-state index in [1.54, 1.807) is 6.20 Å². The Morgan fingerprint density at radius 2 is 2.19 bits per heavy atom. The topological polar surface area (TPSA) is 39.2 Å². The van der Waals surface area contributed by atoms with Gasteiger partial charge in [-0.25, -0.2) is 0 Å². The van der Waals surface area contributed by atoms with E-state index in [0.717, 1.165) is 17.7 Å². The van der Waals surface area contributed by atoms with Crippen molar-refractivity contribution in [3.8, 4) is 0 Å². The molecule has 2 bridgehead atoms. The van der Waals surface area contributed by atoms with E-state index in [2.05, 4.69) is 25.8 Å². The molecule has 3 nitrogen and oxygen atoms in total. The molecule has 0 N–H and O–H groups in total. The number of esters is 1. The standard InChI is InChI=1S/C18H25NO2/c1-12-6-5-9-19-14(12)11-16(20)21-15-10-13-7-8-18(15,4)17(13,2)3/h5-6,9,13,15H,7-8,10-11H2,1-4H3. The zero-order valence-electron chi connectivity index (χ0n) is 13.5. The smallest absolute Gasteiger partial charge is 0.312 e. The number of nitrogens with zero attached hydrogens (tertiary/aromatic N) is 1. The first-order chi connectivity index (χ1) is 9.84. The van der Waals surface area contributed by atoms with Gasteiger partial charge >= 0.3 is 5.97 Å². The molecule has 2 fully saturated rings. The fourth-order valence-corrected chi connectivity index (χ4v) is 4.35. The molecular weight excluding hydrogens is 262 g/mol. The summed E-state index contributed by atoms with van der Waals surface area (Å²) in [5.41, 5.74) is 2.29. The predicted molar refractivity (Wildman–Crippen MR) is 81.8 cm³/mol. The van der Waals surface area contributed by atoms with Gasteiger partial charge in [-0.15, -0.1) is 0 Å². The molecular formula is C18H25NO2. The highest BCUT2D eigenvalue weighted by Crippen LogP contribution is 2.66. The van der Waals surface area contributed by atoms with Crippen molar-refractivity contribution in [1.82, 2.24) is 4.98 Å². The molecule has 0 spiro atoms. The maximum Gasteiger partial charge on any atom is 0.312 e. The lowest BCUT2D eigenvalue weighted by atomic mass is 9.70. The van der Waals surface area contributed by atoms with Crippen molar-refractivity contribution in [2.75, 3.05) is 0 Å². The number of carbonyl (C=O) groups is 1. The Morgan fingerprint density at radius 3 is 2.76 bits per heavy atom. The second-order valence-corrected chi connectivity index (χ2v) is 7.53. The molecule has 3 heteroatoms. The summed E-state index contributed by atoms with van der Waals surface area (Å²) in [6.45, 7) is 8.95. The lowest BCUT2D eigenvalue weighted by Gasteiger charge is -2.38. The minimum Gasteiger partial charge on any atom is -0.461 e. The highest BCUT2D eigenvalue weighted by molar-refractivity contribution is 5.72. The molecule has 3 atom stereocenters. The third kappa shape index (κ3) is 2.18. The van der Waals surface area contributed by atoms with E-state index in [4.69, 9.17) is 4.74 Å². The number of aromatic nitrogens is 1. The van der Waals surface area contributed by atoms with E-state index < -0.39 is 0 Å². The second kappa shape index (κ2) is 4.82. The number of hydrogen-bond donors (Lipinski definition) is 0. The van der Waals surface area contributed by atoms with Crippen molar-refractivity contribution in [2.24, 2.45) is 16.7 Å². The number of aryl methyl sites for hydroxylation is 1. The Balaban J connectivity index is 1.68. The van der Waals surface area contributed by atoms with Gasteiger partial charge in [-0.05, 0) is 49.1 Å². The van der Waals surface area contributed by atoms with E-state index in [-0.39, 0.29) is 29.3 Å². The monoisotopic (exact) mass is 287 g/mol. The first-order valence-corrected chi connectivity index (χ1v) is 7.94. The normalized spacial score (nSPS) is 33.1. The van der Waals surface area contributed by atoms with Gasteiger partial charge in [0.05, 0.1) is 12.1 Å². The Labute approximate surface area is 127 Å². The van der Waals surface area contributed by atoms with Crippen LogP contribution in [0.25, 0.3) is 0 Å². The van der Waals surface area contributed by atoms with Gasteiger partial charge in [0, 0.05) is 11.6 Å². The van der Waals surface area contributed by atoms with Gasteiger partial charge < -0.3 is 4.74 Å². The number of pyridine rings is 1. The molecule has 3 rings (SSSR count). The van der Waals surface area contributed by atoms with Crippen LogP contribution in [0, 0.1) is 23.7 Å². The molecule has 0 aliphatic heterocycles. The quantitative estimate of drug-likeness (QED) is 0.796. The molecule has 0 radical (unpaired) electrons. The molecule has 1 heterocycles. The third-order valence-corrected chi connectivity index (χ3v) is 6.42. The Morgan fingerprint density at radius 1 is 1.43 bits per heavy atom. The highest BCUT2D eigenvalue weighted by Gasteiger charge is 2.62. The van der Waals surface area contributed by atoms with Gasteiger partial charge in [0.2, 0.25) is 0 Å². The summed E-state index contributed by atoms with van der Waals surface area (Å²) in [6.07, 6.45) is 5.56. The summed E-state index contributed by atoms with van der Waals surface area (Å²) in [5.74, 6) is 0.559. The average molecular weight is 287 g/mol. The van der Waals surface area contributed by atoms with Gasteiger partial charge in [-0.1, -0.05) is 26.8 Å². The fraction of sp³-hybridized carbons (Fsp3) is 0.667. The molecule has 2 aliphatic rings. The van der Waals surface area contributed by atoms with Crippen molar-refractivity contribution in [2.45, 2.75) is 59.5 Å². The minimum atomic E-state index is -0.133. The molecule has 21 heavy (non-hydrogen) atoms.